The van der Waals surface area contributed by atoms with Crippen LogP contribution in [0.4, 0.5) is 0 Å². The highest BCUT2D eigenvalue weighted by Crippen LogP contribution is 2.35. The molecule has 3 aromatic rings. The molecule has 31 heavy (non-hydrogen) atoms. The standard InChI is InChI=1S/C25H30N2O3S/c1-2-29-24(28)8-5-17-26-21(19-12-13-19)16-11-18-9-14-20(15-10-18)30-25-27-22-6-3-4-7-23(22)31-25/h3-4,6-7,9-10,14-15,19,21,26H,2,5,8,11-13,16-17H2,1H3. The van der Waals surface area contributed by atoms with E-state index in [1.807, 2.05) is 37.3 Å². The van der Waals surface area contributed by atoms with Crippen LogP contribution in [0.15, 0.2) is 48.5 Å². The Labute approximate surface area is 187 Å². The van der Waals surface area contributed by atoms with Gasteiger partial charge >= 0.3 is 5.97 Å². The molecule has 0 saturated heterocycles. The highest BCUT2D eigenvalue weighted by molar-refractivity contribution is 7.20. The Morgan fingerprint density at radius 2 is 2.00 bits per heavy atom. The van der Waals surface area contributed by atoms with Crippen LogP contribution in [0.5, 0.6) is 10.9 Å². The fourth-order valence-corrected chi connectivity index (χ4v) is 4.63. The van der Waals surface area contributed by atoms with Crippen molar-refractivity contribution in [2.24, 2.45) is 5.92 Å². The molecule has 2 aromatic carbocycles. The zero-order chi connectivity index (χ0) is 21.5. The number of ether oxygens (including phenoxy) is 2. The van der Waals surface area contributed by atoms with Gasteiger partial charge in [-0.3, -0.25) is 4.79 Å². The topological polar surface area (TPSA) is 60.5 Å². The molecule has 4 rings (SSSR count). The molecule has 1 heterocycles. The quantitative estimate of drug-likeness (QED) is 0.289. The molecule has 1 unspecified atom stereocenters. The van der Waals surface area contributed by atoms with Crippen LogP contribution in [-0.2, 0) is 16.0 Å². The second kappa shape index (κ2) is 10.7. The van der Waals surface area contributed by atoms with Gasteiger partial charge in [-0.05, 0) is 81.3 Å². The van der Waals surface area contributed by atoms with Gasteiger partial charge in [-0.2, -0.15) is 0 Å². The number of carbonyl (C=O) groups excluding carboxylic acids is 1. The summed E-state index contributed by atoms with van der Waals surface area (Å²) in [6.07, 6.45) is 6.10. The second-order valence-corrected chi connectivity index (χ2v) is 9.03. The normalized spacial score (nSPS) is 14.5. The van der Waals surface area contributed by atoms with E-state index in [9.17, 15) is 4.79 Å². The van der Waals surface area contributed by atoms with E-state index in [2.05, 4.69) is 28.5 Å². The maximum absolute atomic E-state index is 11.5. The number of para-hydroxylation sites is 1. The summed E-state index contributed by atoms with van der Waals surface area (Å²) < 4.78 is 12.1. The molecule has 0 spiro atoms. The minimum atomic E-state index is -0.0968. The summed E-state index contributed by atoms with van der Waals surface area (Å²) in [5, 5.41) is 4.34. The first-order valence-electron chi connectivity index (χ1n) is 11.2. The summed E-state index contributed by atoms with van der Waals surface area (Å²) in [7, 11) is 0. The van der Waals surface area contributed by atoms with E-state index in [0.29, 0.717) is 24.3 Å². The lowest BCUT2D eigenvalue weighted by molar-refractivity contribution is -0.143. The smallest absolute Gasteiger partial charge is 0.305 e. The van der Waals surface area contributed by atoms with Crippen LogP contribution in [0.25, 0.3) is 10.2 Å². The minimum Gasteiger partial charge on any atom is -0.466 e. The van der Waals surface area contributed by atoms with Crippen molar-refractivity contribution in [2.45, 2.75) is 51.5 Å². The Balaban J connectivity index is 1.23. The van der Waals surface area contributed by atoms with Crippen molar-refractivity contribution in [1.29, 1.82) is 0 Å². The molecule has 0 amide bonds. The van der Waals surface area contributed by atoms with Crippen molar-refractivity contribution >= 4 is 27.5 Å². The Hall–Kier alpha value is -2.44. The maximum Gasteiger partial charge on any atom is 0.305 e. The first kappa shape index (κ1) is 21.8. The Bertz CT molecular complexity index is 949. The molecule has 1 saturated carbocycles. The van der Waals surface area contributed by atoms with Gasteiger partial charge in [0.1, 0.15) is 5.75 Å². The number of thiazole rings is 1. The number of aryl methyl sites for hydroxylation is 1. The third kappa shape index (κ3) is 6.52. The monoisotopic (exact) mass is 438 g/mol. The molecule has 0 bridgehead atoms. The molecule has 164 valence electrons. The minimum absolute atomic E-state index is 0.0968. The van der Waals surface area contributed by atoms with Gasteiger partial charge in [0.2, 0.25) is 0 Å². The average Bonchev–Trinajstić information content (AvgIpc) is 3.53. The maximum atomic E-state index is 11.5. The van der Waals surface area contributed by atoms with Crippen molar-refractivity contribution in [3.05, 3.63) is 54.1 Å². The van der Waals surface area contributed by atoms with Crippen molar-refractivity contribution in [2.75, 3.05) is 13.2 Å². The van der Waals surface area contributed by atoms with Crippen molar-refractivity contribution in [1.82, 2.24) is 10.3 Å². The van der Waals surface area contributed by atoms with Gasteiger partial charge in [0.25, 0.3) is 5.19 Å². The molecular formula is C25H30N2O3S. The number of hydrogen-bond donors (Lipinski definition) is 1. The molecule has 1 aliphatic rings. The number of nitrogens with zero attached hydrogens (tertiary/aromatic N) is 1. The SMILES string of the molecule is CCOC(=O)CCCNC(CCc1ccc(Oc2nc3ccccc3s2)cc1)C1CC1. The predicted octanol–water partition coefficient (Wildman–Crippen LogP) is 5.73. The van der Waals surface area contributed by atoms with E-state index in [-0.39, 0.29) is 5.97 Å². The van der Waals surface area contributed by atoms with Gasteiger partial charge in [-0.25, -0.2) is 4.98 Å². The van der Waals surface area contributed by atoms with E-state index < -0.39 is 0 Å². The van der Waals surface area contributed by atoms with E-state index in [1.54, 1.807) is 11.3 Å². The molecule has 1 N–H and O–H groups in total. The summed E-state index contributed by atoms with van der Waals surface area (Å²) in [4.78, 5) is 16.0. The van der Waals surface area contributed by atoms with Crippen molar-refractivity contribution < 1.29 is 14.3 Å². The lowest BCUT2D eigenvalue weighted by Gasteiger charge is -2.18. The number of carbonyl (C=O) groups is 1. The summed E-state index contributed by atoms with van der Waals surface area (Å²) in [6.45, 7) is 3.18. The molecule has 0 aliphatic heterocycles. The van der Waals surface area contributed by atoms with E-state index in [1.165, 1.54) is 18.4 Å². The fraction of sp³-hybridized carbons (Fsp3) is 0.440. The van der Waals surface area contributed by atoms with Crippen LogP contribution in [0.1, 0.15) is 44.6 Å². The number of hydrogen-bond acceptors (Lipinski definition) is 6. The van der Waals surface area contributed by atoms with Crippen LogP contribution < -0.4 is 10.1 Å². The molecule has 5 nitrogen and oxygen atoms in total. The number of esters is 1. The third-order valence-electron chi connectivity index (χ3n) is 5.61. The van der Waals surface area contributed by atoms with Gasteiger partial charge in [0.15, 0.2) is 0 Å². The van der Waals surface area contributed by atoms with Gasteiger partial charge in [0, 0.05) is 12.5 Å². The first-order valence-corrected chi connectivity index (χ1v) is 12.0. The summed E-state index contributed by atoms with van der Waals surface area (Å²) >= 11 is 1.56. The van der Waals surface area contributed by atoms with Crippen LogP contribution >= 0.6 is 11.3 Å². The van der Waals surface area contributed by atoms with Crippen molar-refractivity contribution in [3.63, 3.8) is 0 Å². The van der Waals surface area contributed by atoms with Gasteiger partial charge in [-0.1, -0.05) is 35.6 Å². The molecule has 1 aromatic heterocycles. The highest BCUT2D eigenvalue weighted by atomic mass is 32.1. The van der Waals surface area contributed by atoms with Crippen LogP contribution in [0.3, 0.4) is 0 Å². The van der Waals surface area contributed by atoms with Crippen LogP contribution in [0, 0.1) is 5.92 Å². The van der Waals surface area contributed by atoms with Gasteiger partial charge in [-0.15, -0.1) is 0 Å². The van der Waals surface area contributed by atoms with Crippen molar-refractivity contribution in [3.8, 4) is 10.9 Å². The molecule has 1 atom stereocenters. The van der Waals surface area contributed by atoms with Crippen LogP contribution in [-0.4, -0.2) is 30.1 Å². The van der Waals surface area contributed by atoms with Gasteiger partial charge in [0.05, 0.1) is 16.8 Å². The number of benzene rings is 2. The lowest BCUT2D eigenvalue weighted by atomic mass is 10.0. The van der Waals surface area contributed by atoms with E-state index in [4.69, 9.17) is 9.47 Å². The summed E-state index contributed by atoms with van der Waals surface area (Å²) in [5.41, 5.74) is 2.29. The molecule has 0 radical (unpaired) electrons. The molecule has 1 fully saturated rings. The molecular weight excluding hydrogens is 408 g/mol. The zero-order valence-corrected chi connectivity index (χ0v) is 18.8. The molecule has 1 aliphatic carbocycles. The van der Waals surface area contributed by atoms with Gasteiger partial charge < -0.3 is 14.8 Å². The number of rotatable bonds is 12. The number of nitrogens with one attached hydrogen (secondary N) is 1. The summed E-state index contributed by atoms with van der Waals surface area (Å²) in [6, 6.07) is 16.9. The number of aromatic nitrogens is 1. The second-order valence-electron chi connectivity index (χ2n) is 8.04. The first-order chi connectivity index (χ1) is 15.2. The highest BCUT2D eigenvalue weighted by Gasteiger charge is 2.30. The Morgan fingerprint density at radius 1 is 1.19 bits per heavy atom. The van der Waals surface area contributed by atoms with E-state index in [0.717, 1.165) is 47.7 Å². The molecule has 6 heteroatoms. The van der Waals surface area contributed by atoms with E-state index >= 15 is 0 Å². The summed E-state index contributed by atoms with van der Waals surface area (Å²) in [5.74, 6) is 1.50. The average molecular weight is 439 g/mol. The zero-order valence-electron chi connectivity index (χ0n) is 18.0. The third-order valence-corrected chi connectivity index (χ3v) is 6.52. The Kier molecular flexibility index (Phi) is 7.54. The Morgan fingerprint density at radius 3 is 2.74 bits per heavy atom. The largest absolute Gasteiger partial charge is 0.466 e. The number of fused-ring (bicyclic) bond motifs is 1. The predicted molar refractivity (Wildman–Crippen MR) is 125 cm³/mol. The van der Waals surface area contributed by atoms with Crippen LogP contribution in [0.2, 0.25) is 0 Å². The fourth-order valence-electron chi connectivity index (χ4n) is 3.80. The lowest BCUT2D eigenvalue weighted by Crippen LogP contribution is -2.32.